The van der Waals surface area contributed by atoms with Crippen LogP contribution in [0.2, 0.25) is 0 Å². The Morgan fingerprint density at radius 1 is 1.14 bits per heavy atom. The van der Waals surface area contributed by atoms with Gasteiger partial charge in [-0.2, -0.15) is 0 Å². The van der Waals surface area contributed by atoms with Crippen LogP contribution in [0.25, 0.3) is 0 Å². The van der Waals surface area contributed by atoms with Crippen LogP contribution < -0.4 is 15.4 Å². The van der Waals surface area contributed by atoms with Gasteiger partial charge in [-0.15, -0.1) is 0 Å². The molecule has 2 rings (SSSR count). The van der Waals surface area contributed by atoms with Crippen LogP contribution >= 0.6 is 0 Å². The van der Waals surface area contributed by atoms with Gasteiger partial charge in [0.1, 0.15) is 0 Å². The van der Waals surface area contributed by atoms with Crippen molar-refractivity contribution in [3.8, 4) is 5.75 Å². The average molecular weight is 288 g/mol. The number of nitrogens with zero attached hydrogens (tertiary/aromatic N) is 1. The first-order valence-electron chi connectivity index (χ1n) is 7.11. The summed E-state index contributed by atoms with van der Waals surface area (Å²) in [6.07, 6.45) is 0.997. The predicted molar refractivity (Wildman–Crippen MR) is 85.9 cm³/mol. The van der Waals surface area contributed by atoms with Crippen LogP contribution in [-0.4, -0.2) is 13.7 Å². The summed E-state index contributed by atoms with van der Waals surface area (Å²) in [5.74, 6) is -0.216. The van der Waals surface area contributed by atoms with Crippen LogP contribution in [0.1, 0.15) is 19.4 Å². The molecule has 0 bridgehead atoms. The Balaban J connectivity index is 2.36. The second-order valence-electron chi connectivity index (χ2n) is 4.85. The highest BCUT2D eigenvalue weighted by molar-refractivity contribution is 5.76. The van der Waals surface area contributed by atoms with E-state index in [0.717, 1.165) is 17.8 Å². The summed E-state index contributed by atoms with van der Waals surface area (Å²) in [7, 11) is 1.90. The van der Waals surface area contributed by atoms with Gasteiger partial charge >= 0.3 is 0 Å². The monoisotopic (exact) mass is 288 g/mol. The van der Waals surface area contributed by atoms with Crippen LogP contribution in [0.5, 0.6) is 5.75 Å². The first kappa shape index (κ1) is 15.2. The van der Waals surface area contributed by atoms with E-state index in [1.807, 2.05) is 31.0 Å². The fourth-order valence-corrected chi connectivity index (χ4v) is 2.21. The maximum Gasteiger partial charge on any atom is 0.167 e. The highest BCUT2D eigenvalue weighted by Crippen LogP contribution is 2.34. The Morgan fingerprint density at radius 2 is 1.81 bits per heavy atom. The van der Waals surface area contributed by atoms with Crippen molar-refractivity contribution < 1.29 is 9.13 Å². The zero-order chi connectivity index (χ0) is 15.4. The minimum atomic E-state index is -0.437. The highest BCUT2D eigenvalue weighted by Gasteiger charge is 2.13. The van der Waals surface area contributed by atoms with Gasteiger partial charge in [-0.1, -0.05) is 19.1 Å². The molecule has 0 aliphatic rings. The molecule has 0 atom stereocenters. The molecule has 112 valence electrons. The standard InChI is InChI=1S/C17H21FN2O/c1-4-12-6-8-13(9-7-12)20(3)16-11-17(21-5-2)14(18)10-15(16)19/h6-11H,4-5,19H2,1-3H3. The van der Waals surface area contributed by atoms with Crippen molar-refractivity contribution in [2.24, 2.45) is 0 Å². The van der Waals surface area contributed by atoms with E-state index in [-0.39, 0.29) is 5.75 Å². The molecule has 0 amide bonds. The maximum absolute atomic E-state index is 13.8. The van der Waals surface area contributed by atoms with Gasteiger partial charge in [-0.25, -0.2) is 4.39 Å². The lowest BCUT2D eigenvalue weighted by Crippen LogP contribution is -2.12. The zero-order valence-corrected chi connectivity index (χ0v) is 12.7. The van der Waals surface area contributed by atoms with Crippen molar-refractivity contribution in [3.63, 3.8) is 0 Å². The Hall–Kier alpha value is -2.23. The predicted octanol–water partition coefficient (Wildman–Crippen LogP) is 4.14. The molecule has 0 aliphatic heterocycles. The van der Waals surface area contributed by atoms with Crippen LogP contribution in [0, 0.1) is 5.82 Å². The minimum Gasteiger partial charge on any atom is -0.491 e. The first-order valence-corrected chi connectivity index (χ1v) is 7.11. The molecule has 0 saturated carbocycles. The van der Waals surface area contributed by atoms with E-state index >= 15 is 0 Å². The molecule has 0 aliphatic carbocycles. The van der Waals surface area contributed by atoms with Gasteiger partial charge < -0.3 is 15.4 Å². The topological polar surface area (TPSA) is 38.5 Å². The zero-order valence-electron chi connectivity index (χ0n) is 12.7. The van der Waals surface area contributed by atoms with Crippen molar-refractivity contribution in [1.29, 1.82) is 0 Å². The van der Waals surface area contributed by atoms with Gasteiger partial charge in [0.05, 0.1) is 18.0 Å². The quantitative estimate of drug-likeness (QED) is 0.840. The fraction of sp³-hybridized carbons (Fsp3) is 0.294. The van der Waals surface area contributed by atoms with E-state index in [1.165, 1.54) is 11.6 Å². The molecule has 0 spiro atoms. The number of benzene rings is 2. The number of rotatable bonds is 5. The van der Waals surface area contributed by atoms with E-state index in [1.54, 1.807) is 6.07 Å². The Kier molecular flexibility index (Phi) is 4.68. The van der Waals surface area contributed by atoms with Crippen LogP contribution in [-0.2, 0) is 6.42 Å². The molecule has 0 radical (unpaired) electrons. The number of anilines is 3. The normalized spacial score (nSPS) is 10.5. The molecule has 21 heavy (non-hydrogen) atoms. The molecule has 3 nitrogen and oxygen atoms in total. The van der Waals surface area contributed by atoms with E-state index in [9.17, 15) is 4.39 Å². The van der Waals surface area contributed by atoms with Crippen molar-refractivity contribution in [2.75, 3.05) is 24.3 Å². The highest BCUT2D eigenvalue weighted by atomic mass is 19.1. The summed E-state index contributed by atoms with van der Waals surface area (Å²) >= 11 is 0. The van der Waals surface area contributed by atoms with E-state index in [0.29, 0.717) is 12.3 Å². The molecular weight excluding hydrogens is 267 g/mol. The Morgan fingerprint density at radius 3 is 2.38 bits per heavy atom. The number of ether oxygens (including phenoxy) is 1. The summed E-state index contributed by atoms with van der Waals surface area (Å²) in [5, 5.41) is 0. The molecule has 2 aromatic carbocycles. The molecule has 0 heterocycles. The summed E-state index contributed by atoms with van der Waals surface area (Å²) in [6, 6.07) is 11.2. The Bertz CT molecular complexity index is 611. The number of halogens is 1. The number of aryl methyl sites for hydroxylation is 1. The third kappa shape index (κ3) is 3.27. The summed E-state index contributed by atoms with van der Waals surface area (Å²) in [4.78, 5) is 1.93. The molecule has 0 unspecified atom stereocenters. The van der Waals surface area contributed by atoms with Gasteiger partial charge in [0.2, 0.25) is 0 Å². The number of nitrogen functional groups attached to an aromatic ring is 1. The lowest BCUT2D eigenvalue weighted by atomic mass is 10.1. The van der Waals surface area contributed by atoms with E-state index < -0.39 is 5.82 Å². The van der Waals surface area contributed by atoms with E-state index in [2.05, 4.69) is 19.1 Å². The van der Waals surface area contributed by atoms with Gasteiger partial charge in [0.25, 0.3) is 0 Å². The largest absolute Gasteiger partial charge is 0.491 e. The molecule has 0 aromatic heterocycles. The molecular formula is C17H21FN2O. The van der Waals surface area contributed by atoms with Gasteiger partial charge in [0, 0.05) is 24.9 Å². The molecule has 4 heteroatoms. The molecule has 2 N–H and O–H groups in total. The van der Waals surface area contributed by atoms with E-state index in [4.69, 9.17) is 10.5 Å². The fourth-order valence-electron chi connectivity index (χ4n) is 2.21. The smallest absolute Gasteiger partial charge is 0.167 e. The van der Waals surface area contributed by atoms with Crippen molar-refractivity contribution in [2.45, 2.75) is 20.3 Å². The maximum atomic E-state index is 13.8. The average Bonchev–Trinajstić information content (AvgIpc) is 2.49. The number of hydrogen-bond donors (Lipinski definition) is 1. The van der Waals surface area contributed by atoms with Crippen LogP contribution in [0.15, 0.2) is 36.4 Å². The van der Waals surface area contributed by atoms with Gasteiger partial charge in [-0.05, 0) is 31.0 Å². The van der Waals surface area contributed by atoms with Crippen LogP contribution in [0.3, 0.4) is 0 Å². The summed E-state index contributed by atoms with van der Waals surface area (Å²) < 4.78 is 19.1. The van der Waals surface area contributed by atoms with Gasteiger partial charge in [-0.3, -0.25) is 0 Å². The van der Waals surface area contributed by atoms with Crippen molar-refractivity contribution >= 4 is 17.1 Å². The number of hydrogen-bond acceptors (Lipinski definition) is 3. The molecule has 0 fully saturated rings. The lowest BCUT2D eigenvalue weighted by molar-refractivity contribution is 0.322. The summed E-state index contributed by atoms with van der Waals surface area (Å²) in [6.45, 7) is 4.35. The van der Waals surface area contributed by atoms with Crippen molar-refractivity contribution in [3.05, 3.63) is 47.8 Å². The second kappa shape index (κ2) is 6.48. The third-order valence-corrected chi connectivity index (χ3v) is 3.47. The Labute approximate surface area is 125 Å². The lowest BCUT2D eigenvalue weighted by Gasteiger charge is -2.22. The van der Waals surface area contributed by atoms with Gasteiger partial charge in [0.15, 0.2) is 11.6 Å². The van der Waals surface area contributed by atoms with Crippen LogP contribution in [0.4, 0.5) is 21.5 Å². The van der Waals surface area contributed by atoms with Crippen molar-refractivity contribution in [1.82, 2.24) is 0 Å². The number of nitrogens with two attached hydrogens (primary N) is 1. The third-order valence-electron chi connectivity index (χ3n) is 3.47. The second-order valence-corrected chi connectivity index (χ2v) is 4.85. The molecule has 2 aromatic rings. The minimum absolute atomic E-state index is 0.221. The first-order chi connectivity index (χ1) is 10.1. The molecule has 0 saturated heterocycles. The SMILES string of the molecule is CCOc1cc(N(C)c2ccc(CC)cc2)c(N)cc1F. The summed E-state index contributed by atoms with van der Waals surface area (Å²) in [5.41, 5.74) is 9.32.